The summed E-state index contributed by atoms with van der Waals surface area (Å²) in [7, 11) is 0. The molecule has 0 radical (unpaired) electrons. The molecule has 0 heterocycles. The van der Waals surface area contributed by atoms with Crippen molar-refractivity contribution in [2.75, 3.05) is 0 Å². The van der Waals surface area contributed by atoms with Crippen LogP contribution in [0.4, 0.5) is 0 Å². The summed E-state index contributed by atoms with van der Waals surface area (Å²) in [5, 5.41) is 20.2. The first-order valence-corrected chi connectivity index (χ1v) is 16.6. The number of carbonyl (C=O) groups excluding carboxylic acids is 2. The molecule has 0 amide bonds. The Labute approximate surface area is 284 Å². The van der Waals surface area contributed by atoms with Crippen molar-refractivity contribution in [1.29, 1.82) is 0 Å². The van der Waals surface area contributed by atoms with E-state index >= 15 is 0 Å². The number of allylic oxidation sites excluding steroid dienone is 6. The van der Waals surface area contributed by atoms with E-state index in [-0.39, 0.29) is 37.7 Å². The second kappa shape index (κ2) is 41.3. The summed E-state index contributed by atoms with van der Waals surface area (Å²) < 4.78 is 0. The van der Waals surface area contributed by atoms with E-state index in [0.717, 1.165) is 25.0 Å². The van der Waals surface area contributed by atoms with Crippen LogP contribution in [-0.4, -0.2) is 49.7 Å². The van der Waals surface area contributed by atoms with E-state index in [1.807, 2.05) is 12.2 Å². The minimum atomic E-state index is -1.13. The van der Waals surface area contributed by atoms with Gasteiger partial charge in [0.25, 0.3) is 0 Å². The van der Waals surface area contributed by atoms with Crippen molar-refractivity contribution < 1.29 is 19.8 Å². The van der Waals surface area contributed by atoms with Crippen LogP contribution in [0.3, 0.4) is 0 Å². The number of aliphatic carboxylic acids is 2. The number of hydrogen-bond donors (Lipinski definition) is 0. The van der Waals surface area contributed by atoms with Crippen molar-refractivity contribution in [3.05, 3.63) is 48.6 Å². The molecule has 0 aliphatic rings. The van der Waals surface area contributed by atoms with Crippen molar-refractivity contribution in [3.8, 4) is 0 Å². The summed E-state index contributed by atoms with van der Waals surface area (Å²) >= 11 is 0. The summed E-state index contributed by atoms with van der Waals surface area (Å²) in [5.74, 6) is -2.27. The average molecular weight is 599 g/mol. The first kappa shape index (κ1) is 44.6. The van der Waals surface area contributed by atoms with Crippen molar-refractivity contribution in [3.63, 3.8) is 0 Å². The first-order valence-electron chi connectivity index (χ1n) is 16.6. The minimum Gasteiger partial charge on any atom is -0.545 e. The Hall–Kier alpha value is -0.840. The topological polar surface area (TPSA) is 80.3 Å². The zero-order chi connectivity index (χ0) is 29.8. The van der Waals surface area contributed by atoms with Crippen LogP contribution in [0, 0.1) is 0 Å². The molecule has 0 fully saturated rings. The van der Waals surface area contributed by atoms with Gasteiger partial charge in [-0.2, -0.15) is 0 Å². The van der Waals surface area contributed by atoms with Crippen LogP contribution in [-0.2, 0) is 9.59 Å². The summed E-state index contributed by atoms with van der Waals surface area (Å²) in [4.78, 5) is 20.2. The molecule has 232 valence electrons. The number of carbonyl (C=O) groups is 2. The van der Waals surface area contributed by atoms with Gasteiger partial charge in [0.1, 0.15) is 0 Å². The predicted octanol–water partition coefficient (Wildman–Crippen LogP) is 8.72. The number of rotatable bonds is 28. The van der Waals surface area contributed by atoms with Crippen molar-refractivity contribution in [2.45, 2.75) is 168 Å². The summed E-state index contributed by atoms with van der Waals surface area (Å²) in [5.41, 5.74) is 0. The maximum absolute atomic E-state index is 10.1. The Morgan fingerprint density at radius 1 is 0.415 bits per heavy atom. The van der Waals surface area contributed by atoms with Gasteiger partial charge in [0, 0.05) is 0 Å². The van der Waals surface area contributed by atoms with Gasteiger partial charge in [0.15, 0.2) is 0 Å². The predicted molar refractivity (Wildman–Crippen MR) is 174 cm³/mol. The molecular formula is C36H62CaO4. The van der Waals surface area contributed by atoms with E-state index in [9.17, 15) is 19.8 Å². The molecule has 0 saturated heterocycles. The van der Waals surface area contributed by atoms with Crippen LogP contribution in [0.25, 0.3) is 0 Å². The second-order valence-electron chi connectivity index (χ2n) is 10.9. The van der Waals surface area contributed by atoms with Crippen LogP contribution in [0.5, 0.6) is 0 Å². The van der Waals surface area contributed by atoms with Crippen molar-refractivity contribution in [1.82, 2.24) is 0 Å². The maximum atomic E-state index is 10.1. The number of carboxylic acids is 2. The standard InChI is InChI=1S/2C18H32O2.Ca/c2*1-2-3-4-5-6-7-8-9-10-11-12-13-14-15-16-17-18(19)20;/h2*14-17H,2-13H2,1H3,(H,19,20);/q;;+2/p-2/b2*15-14+,17-16+;. The zero-order valence-electron chi connectivity index (χ0n) is 26.9. The average Bonchev–Trinajstić information content (AvgIpc) is 2.93. The maximum Gasteiger partial charge on any atom is 2.00 e. The molecule has 0 atom stereocenters. The molecule has 0 aliphatic carbocycles. The fourth-order valence-electron chi connectivity index (χ4n) is 4.47. The van der Waals surface area contributed by atoms with Gasteiger partial charge in [-0.1, -0.05) is 179 Å². The third-order valence-corrected chi connectivity index (χ3v) is 6.91. The number of unbranched alkanes of at least 4 members (excludes halogenated alkanes) is 22. The third kappa shape index (κ3) is 49.2. The molecule has 0 unspecified atom stereocenters. The molecule has 0 aromatic heterocycles. The van der Waals surface area contributed by atoms with Crippen LogP contribution in [0.1, 0.15) is 168 Å². The largest absolute Gasteiger partial charge is 2.00 e. The molecule has 0 rings (SSSR count). The van der Waals surface area contributed by atoms with E-state index < -0.39 is 11.9 Å². The van der Waals surface area contributed by atoms with Crippen LogP contribution < -0.4 is 10.2 Å². The van der Waals surface area contributed by atoms with Crippen LogP contribution in [0.15, 0.2) is 48.6 Å². The van der Waals surface area contributed by atoms with Gasteiger partial charge in [0.2, 0.25) is 0 Å². The Morgan fingerprint density at radius 2 is 0.659 bits per heavy atom. The van der Waals surface area contributed by atoms with E-state index in [4.69, 9.17) is 0 Å². The molecule has 0 saturated carbocycles. The smallest absolute Gasteiger partial charge is 0.545 e. The quantitative estimate of drug-likeness (QED) is 0.0390. The van der Waals surface area contributed by atoms with Crippen LogP contribution in [0.2, 0.25) is 0 Å². The zero-order valence-corrected chi connectivity index (χ0v) is 29.1. The number of carboxylic acid groups (broad SMARTS) is 2. The van der Waals surface area contributed by atoms with E-state index in [0.29, 0.717) is 0 Å². The van der Waals surface area contributed by atoms with Gasteiger partial charge >= 0.3 is 37.7 Å². The monoisotopic (exact) mass is 598 g/mol. The Kier molecular flexibility index (Phi) is 44.9. The Balaban J connectivity index is -0.000000688. The molecule has 0 aromatic carbocycles. The van der Waals surface area contributed by atoms with Crippen LogP contribution >= 0.6 is 0 Å². The molecule has 41 heavy (non-hydrogen) atoms. The third-order valence-electron chi connectivity index (χ3n) is 6.91. The summed E-state index contributed by atoms with van der Waals surface area (Å²) in [6, 6.07) is 0. The Morgan fingerprint density at radius 3 is 0.902 bits per heavy atom. The van der Waals surface area contributed by atoms with Gasteiger partial charge in [0.05, 0.1) is 11.9 Å². The fourth-order valence-corrected chi connectivity index (χ4v) is 4.47. The summed E-state index contributed by atoms with van der Waals surface area (Å²) in [6.07, 6.45) is 44.7. The van der Waals surface area contributed by atoms with Gasteiger partial charge in [-0.15, -0.1) is 0 Å². The van der Waals surface area contributed by atoms with Crippen molar-refractivity contribution >= 4 is 49.7 Å². The molecule has 0 aliphatic heterocycles. The molecular weight excluding hydrogens is 536 g/mol. The van der Waals surface area contributed by atoms with Gasteiger partial charge in [-0.05, 0) is 37.8 Å². The molecule has 0 spiro atoms. The normalized spacial score (nSPS) is 11.4. The SMILES string of the molecule is CCCCCCCCCCCCC/C=C/C=C/C(=O)[O-].CCCCCCCCCCCCC/C=C/C=C/C(=O)[O-].[Ca+2]. The Bertz CT molecular complexity index is 596. The number of hydrogen-bond acceptors (Lipinski definition) is 4. The fraction of sp³-hybridized carbons (Fsp3) is 0.722. The first-order chi connectivity index (χ1) is 19.5. The van der Waals surface area contributed by atoms with E-state index in [2.05, 4.69) is 13.8 Å². The molecule has 4 nitrogen and oxygen atoms in total. The molecule has 0 aromatic rings. The second-order valence-corrected chi connectivity index (χ2v) is 10.9. The van der Waals surface area contributed by atoms with Gasteiger partial charge in [-0.25, -0.2) is 0 Å². The molecule has 0 N–H and O–H groups in total. The van der Waals surface area contributed by atoms with E-state index in [1.165, 1.54) is 153 Å². The van der Waals surface area contributed by atoms with E-state index in [1.54, 1.807) is 12.2 Å². The molecule has 5 heteroatoms. The van der Waals surface area contributed by atoms with Crippen molar-refractivity contribution in [2.24, 2.45) is 0 Å². The van der Waals surface area contributed by atoms with Gasteiger partial charge in [-0.3, -0.25) is 0 Å². The minimum absolute atomic E-state index is 0. The summed E-state index contributed by atoms with van der Waals surface area (Å²) in [6.45, 7) is 4.52. The van der Waals surface area contributed by atoms with Gasteiger partial charge < -0.3 is 19.8 Å². The molecule has 0 bridgehead atoms.